The van der Waals surface area contributed by atoms with E-state index in [1.165, 1.54) is 30.6 Å². The molecule has 5 nitrogen and oxygen atoms in total. The summed E-state index contributed by atoms with van der Waals surface area (Å²) in [5.74, 6) is 1.81. The lowest BCUT2D eigenvalue weighted by atomic mass is 10.1. The Bertz CT molecular complexity index is 697. The van der Waals surface area contributed by atoms with Gasteiger partial charge in [-0.1, -0.05) is 60.1 Å². The zero-order valence-electron chi connectivity index (χ0n) is 12.9. The molecule has 128 valence electrons. The van der Waals surface area contributed by atoms with Gasteiger partial charge in [0.05, 0.1) is 12.7 Å². The van der Waals surface area contributed by atoms with Gasteiger partial charge in [-0.3, -0.25) is 9.69 Å². The lowest BCUT2D eigenvalue weighted by molar-refractivity contribution is 0.0599. The van der Waals surface area contributed by atoms with E-state index < -0.39 is 6.23 Å². The normalized spacial score (nSPS) is 19.1. The van der Waals surface area contributed by atoms with Crippen LogP contribution in [0, 0.1) is 0 Å². The van der Waals surface area contributed by atoms with Gasteiger partial charge in [-0.15, -0.1) is 0 Å². The molecular weight excluding hydrogens is 384 g/mol. The quantitative estimate of drug-likeness (QED) is 0.774. The van der Waals surface area contributed by atoms with Crippen LogP contribution in [-0.2, 0) is 0 Å². The topological polar surface area (TPSA) is 53.0 Å². The number of carbonyl (C=O) groups is 1. The van der Waals surface area contributed by atoms with Crippen LogP contribution >= 0.6 is 48.0 Å². The van der Waals surface area contributed by atoms with Crippen molar-refractivity contribution < 1.29 is 14.6 Å². The van der Waals surface area contributed by atoms with Crippen LogP contribution < -0.4 is 4.74 Å². The molecule has 0 bridgehead atoms. The number of thioether (sulfide) groups is 2. The first-order valence-corrected chi connectivity index (χ1v) is 10.1. The Morgan fingerprint density at radius 1 is 1.25 bits per heavy atom. The van der Waals surface area contributed by atoms with Gasteiger partial charge in [-0.25, -0.2) is 0 Å². The standard InChI is InChI=1S/C15H16N2O3S4/c1-20-11-9(12(18)16-5-7-23-14(16)21)3-2-4-10(11)13(19)17-6-8-24-15(17)22/h2-4,12,18H,5-8H2,1H3. The van der Waals surface area contributed by atoms with Crippen LogP contribution in [0.3, 0.4) is 0 Å². The van der Waals surface area contributed by atoms with Gasteiger partial charge in [-0.05, 0) is 6.07 Å². The van der Waals surface area contributed by atoms with Gasteiger partial charge < -0.3 is 14.7 Å². The third kappa shape index (κ3) is 3.28. The summed E-state index contributed by atoms with van der Waals surface area (Å²) < 4.78 is 6.70. The summed E-state index contributed by atoms with van der Waals surface area (Å²) in [6.07, 6.45) is -0.935. The van der Waals surface area contributed by atoms with Crippen molar-refractivity contribution in [1.29, 1.82) is 0 Å². The summed E-state index contributed by atoms with van der Waals surface area (Å²) in [5.41, 5.74) is 0.933. The lowest BCUT2D eigenvalue weighted by Gasteiger charge is -2.26. The molecule has 2 heterocycles. The summed E-state index contributed by atoms with van der Waals surface area (Å²) in [4.78, 5) is 16.1. The number of hydrogen-bond acceptors (Lipinski definition) is 7. The summed E-state index contributed by atoms with van der Waals surface area (Å²) in [6, 6.07) is 5.19. The highest BCUT2D eigenvalue weighted by molar-refractivity contribution is 8.23. The molecule has 9 heteroatoms. The Balaban J connectivity index is 1.95. The van der Waals surface area contributed by atoms with Gasteiger partial charge in [0, 0.05) is 30.2 Å². The summed E-state index contributed by atoms with van der Waals surface area (Å²) in [7, 11) is 1.50. The fraction of sp³-hybridized carbons (Fsp3) is 0.400. The second-order valence-corrected chi connectivity index (χ2v) is 8.64. The van der Waals surface area contributed by atoms with Crippen molar-refractivity contribution in [3.63, 3.8) is 0 Å². The summed E-state index contributed by atoms with van der Waals surface area (Å²) >= 11 is 13.5. The molecule has 2 aliphatic heterocycles. The maximum Gasteiger partial charge on any atom is 0.263 e. The molecule has 3 rings (SSSR count). The zero-order valence-corrected chi connectivity index (χ0v) is 16.2. The van der Waals surface area contributed by atoms with Crippen LogP contribution in [0.5, 0.6) is 5.75 Å². The predicted molar refractivity (Wildman–Crippen MR) is 106 cm³/mol. The van der Waals surface area contributed by atoms with Crippen molar-refractivity contribution in [2.75, 3.05) is 31.7 Å². The van der Waals surface area contributed by atoms with E-state index in [0.717, 1.165) is 11.5 Å². The minimum absolute atomic E-state index is 0.200. The molecular formula is C15H16N2O3S4. The van der Waals surface area contributed by atoms with E-state index in [0.29, 0.717) is 38.6 Å². The third-order valence-corrected chi connectivity index (χ3v) is 6.74. The Kier molecular flexibility index (Phi) is 5.66. The zero-order chi connectivity index (χ0) is 17.3. The second kappa shape index (κ2) is 7.57. The molecule has 0 spiro atoms. The van der Waals surface area contributed by atoms with Crippen molar-refractivity contribution in [2.45, 2.75) is 6.23 Å². The Morgan fingerprint density at radius 2 is 1.96 bits per heavy atom. The van der Waals surface area contributed by atoms with E-state index in [9.17, 15) is 9.90 Å². The summed E-state index contributed by atoms with van der Waals surface area (Å²) in [6.45, 7) is 1.25. The minimum atomic E-state index is -0.935. The number of aliphatic hydroxyl groups excluding tert-OH is 1. The Morgan fingerprint density at radius 3 is 2.54 bits per heavy atom. The number of benzene rings is 1. The maximum absolute atomic E-state index is 12.8. The molecule has 1 N–H and O–H groups in total. The first kappa shape index (κ1) is 17.9. The first-order valence-electron chi connectivity index (χ1n) is 7.31. The highest BCUT2D eigenvalue weighted by atomic mass is 32.2. The van der Waals surface area contributed by atoms with Crippen LogP contribution in [0.2, 0.25) is 0 Å². The highest BCUT2D eigenvalue weighted by Crippen LogP contribution is 2.35. The van der Waals surface area contributed by atoms with Crippen molar-refractivity contribution >= 4 is 62.5 Å². The van der Waals surface area contributed by atoms with Crippen LogP contribution in [0.25, 0.3) is 0 Å². The third-order valence-electron chi connectivity index (χ3n) is 3.85. The molecule has 1 amide bonds. The average molecular weight is 401 g/mol. The molecule has 0 aliphatic carbocycles. The van der Waals surface area contributed by atoms with Crippen LogP contribution in [0.4, 0.5) is 0 Å². The second-order valence-electron chi connectivity index (χ2n) is 5.18. The predicted octanol–water partition coefficient (Wildman–Crippen LogP) is 2.49. The lowest BCUT2D eigenvalue weighted by Crippen LogP contribution is -2.32. The minimum Gasteiger partial charge on any atom is -0.495 e. The van der Waals surface area contributed by atoms with E-state index in [1.807, 2.05) is 0 Å². The molecule has 2 saturated heterocycles. The number of para-hydroxylation sites is 1. The number of aliphatic hydroxyl groups is 1. The number of methoxy groups -OCH3 is 1. The highest BCUT2D eigenvalue weighted by Gasteiger charge is 2.32. The molecule has 0 aromatic heterocycles. The van der Waals surface area contributed by atoms with Crippen LogP contribution in [0.15, 0.2) is 18.2 Å². The number of amides is 1. The van der Waals surface area contributed by atoms with Gasteiger partial charge >= 0.3 is 0 Å². The molecule has 24 heavy (non-hydrogen) atoms. The monoisotopic (exact) mass is 400 g/mol. The van der Waals surface area contributed by atoms with Gasteiger partial charge in [0.15, 0.2) is 6.23 Å². The van der Waals surface area contributed by atoms with E-state index >= 15 is 0 Å². The van der Waals surface area contributed by atoms with Crippen LogP contribution in [-0.4, -0.2) is 61.2 Å². The SMILES string of the molecule is COc1c(C(=O)N2CCSC2=S)cccc1C(O)N1CCSC1=S. The first-order chi connectivity index (χ1) is 11.5. The fourth-order valence-electron chi connectivity index (χ4n) is 2.67. The fourth-order valence-corrected chi connectivity index (χ4v) is 5.14. The van der Waals surface area contributed by atoms with Gasteiger partial charge in [0.2, 0.25) is 0 Å². The molecule has 2 aliphatic rings. The Labute approximate surface area is 159 Å². The number of thiocarbonyl (C=S) groups is 2. The van der Waals surface area contributed by atoms with Gasteiger partial charge in [0.25, 0.3) is 5.91 Å². The average Bonchev–Trinajstić information content (AvgIpc) is 3.21. The summed E-state index contributed by atoms with van der Waals surface area (Å²) in [5, 5.41) is 10.7. The number of carbonyl (C=O) groups excluding carboxylic acids is 1. The molecule has 0 radical (unpaired) electrons. The number of hydrogen-bond donors (Lipinski definition) is 1. The van der Waals surface area contributed by atoms with Crippen molar-refractivity contribution in [3.8, 4) is 5.75 Å². The van der Waals surface area contributed by atoms with Gasteiger partial charge in [0.1, 0.15) is 14.4 Å². The largest absolute Gasteiger partial charge is 0.495 e. The van der Waals surface area contributed by atoms with Crippen LogP contribution in [0.1, 0.15) is 22.1 Å². The Hall–Kier alpha value is -0.870. The smallest absolute Gasteiger partial charge is 0.263 e. The number of ether oxygens (including phenoxy) is 1. The molecule has 1 unspecified atom stereocenters. The van der Waals surface area contributed by atoms with E-state index in [2.05, 4.69) is 0 Å². The van der Waals surface area contributed by atoms with E-state index in [4.69, 9.17) is 29.2 Å². The van der Waals surface area contributed by atoms with Crippen molar-refractivity contribution in [2.24, 2.45) is 0 Å². The van der Waals surface area contributed by atoms with Crippen molar-refractivity contribution in [1.82, 2.24) is 9.80 Å². The van der Waals surface area contributed by atoms with Gasteiger partial charge in [-0.2, -0.15) is 0 Å². The van der Waals surface area contributed by atoms with E-state index in [-0.39, 0.29) is 5.91 Å². The molecule has 2 fully saturated rings. The van der Waals surface area contributed by atoms with E-state index in [1.54, 1.807) is 28.0 Å². The number of nitrogens with zero attached hydrogens (tertiary/aromatic N) is 2. The molecule has 0 saturated carbocycles. The molecule has 1 aromatic rings. The molecule has 1 aromatic carbocycles. The maximum atomic E-state index is 12.8. The number of rotatable bonds is 4. The van der Waals surface area contributed by atoms with Crippen molar-refractivity contribution in [3.05, 3.63) is 29.3 Å². The molecule has 1 atom stereocenters.